The number of carbonyl (C=O) groups excluding carboxylic acids is 2. The van der Waals surface area contributed by atoms with Crippen molar-refractivity contribution in [2.75, 3.05) is 14.1 Å². The Bertz CT molecular complexity index is 754. The molecule has 0 aliphatic rings. The second kappa shape index (κ2) is 12.7. The maximum atomic E-state index is 13.4. The van der Waals surface area contributed by atoms with Crippen molar-refractivity contribution in [1.82, 2.24) is 10.2 Å². The summed E-state index contributed by atoms with van der Waals surface area (Å²) >= 11 is 0. The van der Waals surface area contributed by atoms with Crippen LogP contribution in [0.5, 0.6) is 0 Å². The van der Waals surface area contributed by atoms with Crippen LogP contribution in [0.4, 0.5) is 0 Å². The van der Waals surface area contributed by atoms with Gasteiger partial charge in [-0.05, 0) is 39.4 Å². The number of aliphatic carboxylic acids is 1. The number of carboxylic acid groups (broad SMARTS) is 1. The lowest BCUT2D eigenvalue weighted by Crippen LogP contribution is -2.53. The molecule has 1 aromatic rings. The van der Waals surface area contributed by atoms with Gasteiger partial charge in [0.25, 0.3) is 0 Å². The molecule has 0 aliphatic heterocycles. The van der Waals surface area contributed by atoms with E-state index in [1.165, 1.54) is 6.92 Å². The maximum absolute atomic E-state index is 13.4. The highest BCUT2D eigenvalue weighted by atomic mass is 16.6. The summed E-state index contributed by atoms with van der Waals surface area (Å²) in [7, 11) is 3.37. The largest absolute Gasteiger partial charge is 0.478 e. The molecular weight excluding hydrogens is 412 g/mol. The first kappa shape index (κ1) is 27.7. The van der Waals surface area contributed by atoms with E-state index in [9.17, 15) is 24.6 Å². The van der Waals surface area contributed by atoms with E-state index in [1.54, 1.807) is 21.0 Å². The third-order valence-corrected chi connectivity index (χ3v) is 5.86. The molecule has 3 N–H and O–H groups in total. The van der Waals surface area contributed by atoms with E-state index in [-0.39, 0.29) is 12.3 Å². The van der Waals surface area contributed by atoms with Gasteiger partial charge in [-0.25, -0.2) is 4.79 Å². The number of aliphatic hydroxyl groups excluding tert-OH is 1. The Hall–Kier alpha value is -2.29. The molecule has 8 nitrogen and oxygen atoms in total. The lowest BCUT2D eigenvalue weighted by molar-refractivity contribution is -0.188. The van der Waals surface area contributed by atoms with Crippen molar-refractivity contribution < 1.29 is 29.3 Å². The SMILES string of the molecule is CC[C@H](C)[C@@H](C(=O)OC(CC(=O)[C@H](C)NC)(CC(C)O)C(=O)O)N(C)Cc1ccccc1. The van der Waals surface area contributed by atoms with Crippen molar-refractivity contribution in [1.29, 1.82) is 0 Å². The highest BCUT2D eigenvalue weighted by molar-refractivity contribution is 5.92. The van der Waals surface area contributed by atoms with E-state index in [1.807, 2.05) is 49.1 Å². The summed E-state index contributed by atoms with van der Waals surface area (Å²) in [5, 5.41) is 22.7. The Balaban J connectivity index is 3.25. The molecule has 0 aliphatic carbocycles. The second-order valence-corrected chi connectivity index (χ2v) is 8.66. The third kappa shape index (κ3) is 7.69. The molecule has 2 unspecified atom stereocenters. The van der Waals surface area contributed by atoms with Crippen LogP contribution in [0.1, 0.15) is 52.5 Å². The fraction of sp³-hybridized carbons (Fsp3) is 0.625. The highest BCUT2D eigenvalue weighted by Crippen LogP contribution is 2.28. The average molecular weight is 451 g/mol. The fourth-order valence-electron chi connectivity index (χ4n) is 3.72. The number of ketones is 1. The molecule has 0 radical (unpaired) electrons. The van der Waals surface area contributed by atoms with Gasteiger partial charge in [-0.2, -0.15) is 0 Å². The normalized spacial score (nSPS) is 17.1. The summed E-state index contributed by atoms with van der Waals surface area (Å²) in [6, 6.07) is 8.28. The predicted molar refractivity (Wildman–Crippen MR) is 122 cm³/mol. The van der Waals surface area contributed by atoms with Gasteiger partial charge >= 0.3 is 11.9 Å². The van der Waals surface area contributed by atoms with Crippen molar-refractivity contribution in [3.05, 3.63) is 35.9 Å². The van der Waals surface area contributed by atoms with Crippen LogP contribution >= 0.6 is 0 Å². The second-order valence-electron chi connectivity index (χ2n) is 8.66. The van der Waals surface area contributed by atoms with Crippen molar-refractivity contribution in [3.63, 3.8) is 0 Å². The monoisotopic (exact) mass is 450 g/mol. The van der Waals surface area contributed by atoms with Gasteiger partial charge in [0.15, 0.2) is 5.78 Å². The standard InChI is InChI=1S/C24H38N2O6/c1-7-16(2)21(26(6)15-19-11-9-8-10-12-19)22(29)32-24(23(30)31,13-17(3)27)14-20(28)18(4)25-5/h8-12,16-18,21,25,27H,7,13-15H2,1-6H3,(H,30,31)/t16-,17?,18-,21-,24?/m0/s1. The molecule has 180 valence electrons. The topological polar surface area (TPSA) is 116 Å². The molecule has 0 aromatic heterocycles. The van der Waals surface area contributed by atoms with Crippen LogP contribution in [0.25, 0.3) is 0 Å². The quantitative estimate of drug-likeness (QED) is 0.370. The number of nitrogens with one attached hydrogen (secondary N) is 1. The van der Waals surface area contributed by atoms with Gasteiger partial charge in [0, 0.05) is 13.0 Å². The molecule has 0 heterocycles. The number of likely N-dealkylation sites (N-methyl/N-ethyl adjacent to an activating group) is 2. The number of rotatable bonds is 14. The molecule has 0 fully saturated rings. The zero-order valence-corrected chi connectivity index (χ0v) is 20.0. The Morgan fingerprint density at radius 3 is 2.22 bits per heavy atom. The van der Waals surface area contributed by atoms with E-state index < -0.39 is 47.9 Å². The number of ether oxygens (including phenoxy) is 1. The molecule has 32 heavy (non-hydrogen) atoms. The summed E-state index contributed by atoms with van der Waals surface area (Å²) < 4.78 is 5.63. The van der Waals surface area contributed by atoms with Crippen LogP contribution in [-0.2, 0) is 25.7 Å². The Kier molecular flexibility index (Phi) is 11.0. The Morgan fingerprint density at radius 2 is 1.75 bits per heavy atom. The Labute approximate surface area is 190 Å². The number of carboxylic acids is 1. The van der Waals surface area contributed by atoms with Gasteiger partial charge < -0.3 is 20.3 Å². The predicted octanol–water partition coefficient (Wildman–Crippen LogP) is 2.24. The summed E-state index contributed by atoms with van der Waals surface area (Å²) in [4.78, 5) is 40.1. The van der Waals surface area contributed by atoms with E-state index in [0.29, 0.717) is 13.0 Å². The van der Waals surface area contributed by atoms with E-state index in [2.05, 4.69) is 5.32 Å². The number of hydrogen-bond acceptors (Lipinski definition) is 7. The zero-order valence-electron chi connectivity index (χ0n) is 20.0. The van der Waals surface area contributed by atoms with Gasteiger partial charge in [0.2, 0.25) is 5.60 Å². The molecule has 0 saturated heterocycles. The summed E-state index contributed by atoms with van der Waals surface area (Å²) in [5.41, 5.74) is -1.14. The molecule has 0 amide bonds. The van der Waals surface area contributed by atoms with Crippen LogP contribution in [0.3, 0.4) is 0 Å². The molecule has 1 rings (SSSR count). The Morgan fingerprint density at radius 1 is 1.16 bits per heavy atom. The zero-order chi connectivity index (χ0) is 24.5. The minimum Gasteiger partial charge on any atom is -0.478 e. The number of benzene rings is 1. The van der Waals surface area contributed by atoms with Gasteiger partial charge in [-0.15, -0.1) is 0 Å². The maximum Gasteiger partial charge on any atom is 0.348 e. The van der Waals surface area contributed by atoms with E-state index in [4.69, 9.17) is 4.74 Å². The molecule has 0 spiro atoms. The minimum absolute atomic E-state index is 0.124. The van der Waals surface area contributed by atoms with E-state index >= 15 is 0 Å². The summed E-state index contributed by atoms with van der Waals surface area (Å²) in [6.07, 6.45) is -1.33. The smallest absolute Gasteiger partial charge is 0.348 e. The first-order valence-electron chi connectivity index (χ1n) is 11.1. The fourth-order valence-corrected chi connectivity index (χ4v) is 3.72. The first-order valence-corrected chi connectivity index (χ1v) is 11.1. The third-order valence-electron chi connectivity index (χ3n) is 5.86. The molecule has 0 bridgehead atoms. The summed E-state index contributed by atoms with van der Waals surface area (Å²) in [6.45, 7) is 7.33. The molecule has 8 heteroatoms. The van der Waals surface area contributed by atoms with E-state index in [0.717, 1.165) is 5.56 Å². The average Bonchev–Trinajstić information content (AvgIpc) is 2.72. The van der Waals surface area contributed by atoms with Crippen LogP contribution in [0, 0.1) is 5.92 Å². The lowest BCUT2D eigenvalue weighted by Gasteiger charge is -2.36. The van der Waals surface area contributed by atoms with Crippen molar-refractivity contribution in [2.45, 2.75) is 77.3 Å². The van der Waals surface area contributed by atoms with Crippen molar-refractivity contribution in [2.24, 2.45) is 5.92 Å². The first-order chi connectivity index (χ1) is 15.0. The molecule has 1 aromatic carbocycles. The highest BCUT2D eigenvalue weighted by Gasteiger charge is 2.48. The van der Waals surface area contributed by atoms with Crippen LogP contribution < -0.4 is 5.32 Å². The van der Waals surface area contributed by atoms with Gasteiger partial charge in [0.05, 0.1) is 18.6 Å². The number of aliphatic hydroxyl groups is 1. The van der Waals surface area contributed by atoms with Gasteiger partial charge in [0.1, 0.15) is 6.04 Å². The van der Waals surface area contributed by atoms with Crippen LogP contribution in [0.15, 0.2) is 30.3 Å². The van der Waals surface area contributed by atoms with Crippen molar-refractivity contribution >= 4 is 17.7 Å². The van der Waals surface area contributed by atoms with Crippen molar-refractivity contribution in [3.8, 4) is 0 Å². The number of nitrogens with zero attached hydrogens (tertiary/aromatic N) is 1. The molecular formula is C24H38N2O6. The lowest BCUT2D eigenvalue weighted by atomic mass is 9.88. The molecule has 0 saturated carbocycles. The van der Waals surface area contributed by atoms with Crippen LogP contribution in [-0.4, -0.2) is 70.7 Å². The number of Topliss-reactive ketones (excluding diaryl/α,β-unsaturated/α-hetero) is 1. The van der Waals surface area contributed by atoms with Crippen LogP contribution in [0.2, 0.25) is 0 Å². The number of esters is 1. The van der Waals surface area contributed by atoms with Gasteiger partial charge in [-0.1, -0.05) is 50.6 Å². The summed E-state index contributed by atoms with van der Waals surface area (Å²) in [5.74, 6) is -2.70. The molecule has 5 atom stereocenters. The number of carbonyl (C=O) groups is 3. The number of hydrogen-bond donors (Lipinski definition) is 3. The van der Waals surface area contributed by atoms with Gasteiger partial charge in [-0.3, -0.25) is 14.5 Å². The minimum atomic E-state index is -2.15.